The van der Waals surface area contributed by atoms with Crippen molar-refractivity contribution >= 4 is 50.2 Å². The molecule has 0 N–H and O–H groups in total. The van der Waals surface area contributed by atoms with E-state index < -0.39 is 5.97 Å². The monoisotopic (exact) mass is 456 g/mol. The lowest BCUT2D eigenvalue weighted by Gasteiger charge is -2.19. The Morgan fingerprint density at radius 2 is 1.84 bits per heavy atom. The standard InChI is InChI=1S/C22H17ClN2O5S/c1-28-17-10-9-16(23)19-18(17)24-22(31-19)25(12-15-4-3-11-30-15)20(26)13-5-7-14(8-6-13)21(27)29-2/h3-11H,12H2,1-2H3. The van der Waals surface area contributed by atoms with Crippen LogP contribution in [0.5, 0.6) is 5.75 Å². The molecule has 0 aliphatic heterocycles. The average Bonchev–Trinajstić information content (AvgIpc) is 3.47. The van der Waals surface area contributed by atoms with Crippen LogP contribution >= 0.6 is 22.9 Å². The minimum Gasteiger partial charge on any atom is -0.494 e. The summed E-state index contributed by atoms with van der Waals surface area (Å²) in [4.78, 5) is 31.2. The normalized spacial score (nSPS) is 10.8. The maximum Gasteiger partial charge on any atom is 0.337 e. The van der Waals surface area contributed by atoms with Gasteiger partial charge >= 0.3 is 5.97 Å². The van der Waals surface area contributed by atoms with E-state index in [-0.39, 0.29) is 12.5 Å². The predicted molar refractivity (Wildman–Crippen MR) is 118 cm³/mol. The molecule has 0 radical (unpaired) electrons. The van der Waals surface area contributed by atoms with Gasteiger partial charge in [-0.2, -0.15) is 0 Å². The van der Waals surface area contributed by atoms with Crippen LogP contribution in [0.3, 0.4) is 0 Å². The van der Waals surface area contributed by atoms with E-state index >= 15 is 0 Å². The van der Waals surface area contributed by atoms with Gasteiger partial charge in [0.1, 0.15) is 17.0 Å². The van der Waals surface area contributed by atoms with Crippen molar-refractivity contribution in [3.05, 3.63) is 76.7 Å². The molecule has 7 nitrogen and oxygen atoms in total. The number of esters is 1. The van der Waals surface area contributed by atoms with Crippen LogP contribution in [-0.2, 0) is 11.3 Å². The Hall–Kier alpha value is -3.36. The third kappa shape index (κ3) is 4.12. The van der Waals surface area contributed by atoms with Gasteiger partial charge in [-0.05, 0) is 48.5 Å². The quantitative estimate of drug-likeness (QED) is 0.371. The van der Waals surface area contributed by atoms with Crippen molar-refractivity contribution in [2.75, 3.05) is 19.1 Å². The smallest absolute Gasteiger partial charge is 0.337 e. The second-order valence-corrected chi connectivity index (χ2v) is 7.85. The molecular formula is C22H17ClN2O5S. The highest BCUT2D eigenvalue weighted by Gasteiger charge is 2.24. The van der Waals surface area contributed by atoms with E-state index in [0.29, 0.717) is 43.0 Å². The van der Waals surface area contributed by atoms with Crippen LogP contribution in [0.2, 0.25) is 5.02 Å². The van der Waals surface area contributed by atoms with Gasteiger partial charge in [0.05, 0.1) is 42.3 Å². The minimum absolute atomic E-state index is 0.171. The first-order valence-electron chi connectivity index (χ1n) is 9.17. The fourth-order valence-corrected chi connectivity index (χ4v) is 4.28. The molecule has 158 valence electrons. The molecule has 4 aromatic rings. The summed E-state index contributed by atoms with van der Waals surface area (Å²) in [5.41, 5.74) is 1.32. The van der Waals surface area contributed by atoms with Crippen LogP contribution in [0.15, 0.2) is 59.2 Å². The fourth-order valence-electron chi connectivity index (χ4n) is 3.03. The van der Waals surface area contributed by atoms with E-state index in [2.05, 4.69) is 4.98 Å². The highest BCUT2D eigenvalue weighted by Crippen LogP contribution is 2.39. The molecule has 0 aliphatic rings. The third-order valence-electron chi connectivity index (χ3n) is 4.59. The number of ether oxygens (including phenoxy) is 2. The zero-order chi connectivity index (χ0) is 22.0. The number of furan rings is 1. The Balaban J connectivity index is 1.76. The number of fused-ring (bicyclic) bond motifs is 1. The van der Waals surface area contributed by atoms with Crippen LogP contribution in [0, 0.1) is 0 Å². The Bertz CT molecular complexity index is 1240. The number of aromatic nitrogens is 1. The van der Waals surface area contributed by atoms with Crippen molar-refractivity contribution in [2.24, 2.45) is 0 Å². The van der Waals surface area contributed by atoms with E-state index in [4.69, 9.17) is 25.5 Å². The van der Waals surface area contributed by atoms with Crippen LogP contribution in [0.4, 0.5) is 5.13 Å². The summed E-state index contributed by atoms with van der Waals surface area (Å²) in [6.45, 7) is 0.171. The first-order chi connectivity index (χ1) is 15.0. The molecule has 1 amide bonds. The van der Waals surface area contributed by atoms with Gasteiger partial charge < -0.3 is 13.9 Å². The average molecular weight is 457 g/mol. The van der Waals surface area contributed by atoms with Crippen molar-refractivity contribution in [2.45, 2.75) is 6.54 Å². The molecule has 9 heteroatoms. The maximum absolute atomic E-state index is 13.4. The van der Waals surface area contributed by atoms with Crippen LogP contribution in [0.25, 0.3) is 10.2 Å². The number of thiazole rings is 1. The highest BCUT2D eigenvalue weighted by molar-refractivity contribution is 7.23. The van der Waals surface area contributed by atoms with E-state index in [1.54, 1.807) is 61.9 Å². The van der Waals surface area contributed by atoms with Crippen molar-refractivity contribution in [1.29, 1.82) is 0 Å². The Morgan fingerprint density at radius 3 is 2.48 bits per heavy atom. The summed E-state index contributed by atoms with van der Waals surface area (Å²) >= 11 is 7.64. The number of carbonyl (C=O) groups excluding carboxylic acids is 2. The number of hydrogen-bond donors (Lipinski definition) is 0. The summed E-state index contributed by atoms with van der Waals surface area (Å²) in [5, 5.41) is 0.965. The summed E-state index contributed by atoms with van der Waals surface area (Å²) in [6, 6.07) is 13.2. The van der Waals surface area contributed by atoms with E-state index in [0.717, 1.165) is 0 Å². The van der Waals surface area contributed by atoms with Gasteiger partial charge in [0.2, 0.25) is 0 Å². The summed E-state index contributed by atoms with van der Waals surface area (Å²) in [6.07, 6.45) is 1.54. The molecule has 31 heavy (non-hydrogen) atoms. The van der Waals surface area contributed by atoms with Crippen molar-refractivity contribution in [3.63, 3.8) is 0 Å². The highest BCUT2D eigenvalue weighted by atomic mass is 35.5. The van der Waals surface area contributed by atoms with Gasteiger partial charge in [-0.15, -0.1) is 0 Å². The molecule has 0 spiro atoms. The first kappa shape index (κ1) is 20.9. The Labute approximate surface area is 186 Å². The molecule has 4 rings (SSSR count). The molecule has 2 aromatic carbocycles. The largest absolute Gasteiger partial charge is 0.494 e. The van der Waals surface area contributed by atoms with Crippen LogP contribution in [-0.4, -0.2) is 31.1 Å². The van der Waals surface area contributed by atoms with Crippen LogP contribution in [0.1, 0.15) is 26.5 Å². The van der Waals surface area contributed by atoms with Crippen LogP contribution < -0.4 is 9.64 Å². The summed E-state index contributed by atoms with van der Waals surface area (Å²) < 4.78 is 16.3. The molecule has 2 aromatic heterocycles. The second kappa shape index (κ2) is 8.79. The zero-order valence-corrected chi connectivity index (χ0v) is 18.2. The molecular weight excluding hydrogens is 440 g/mol. The SMILES string of the molecule is COC(=O)c1ccc(C(=O)N(Cc2ccco2)c2nc3c(OC)ccc(Cl)c3s2)cc1. The van der Waals surface area contributed by atoms with E-state index in [1.807, 2.05) is 0 Å². The fraction of sp³-hybridized carbons (Fsp3) is 0.136. The number of hydrogen-bond acceptors (Lipinski definition) is 7. The molecule has 0 bridgehead atoms. The van der Waals surface area contributed by atoms with Gasteiger partial charge in [0.25, 0.3) is 5.91 Å². The summed E-state index contributed by atoms with van der Waals surface area (Å²) in [7, 11) is 2.86. The first-order valence-corrected chi connectivity index (χ1v) is 10.4. The number of methoxy groups -OCH3 is 2. The van der Waals surface area contributed by atoms with Crippen molar-refractivity contribution in [1.82, 2.24) is 4.98 Å². The topological polar surface area (TPSA) is 81.9 Å². The second-order valence-electron chi connectivity index (χ2n) is 6.46. The maximum atomic E-state index is 13.4. The number of anilines is 1. The molecule has 0 unspecified atom stereocenters. The Morgan fingerprint density at radius 1 is 1.10 bits per heavy atom. The minimum atomic E-state index is -0.473. The Kier molecular flexibility index (Phi) is 5.92. The number of amides is 1. The van der Waals surface area contributed by atoms with Gasteiger partial charge in [-0.1, -0.05) is 22.9 Å². The molecule has 0 aliphatic carbocycles. The predicted octanol–water partition coefficient (Wildman–Crippen LogP) is 5.18. The number of carbonyl (C=O) groups is 2. The van der Waals surface area contributed by atoms with Crippen molar-refractivity contribution < 1.29 is 23.5 Å². The van der Waals surface area contributed by atoms with Gasteiger partial charge in [-0.25, -0.2) is 9.78 Å². The van der Waals surface area contributed by atoms with Gasteiger partial charge in [-0.3, -0.25) is 9.69 Å². The molecule has 0 fully saturated rings. The van der Waals surface area contributed by atoms with E-state index in [9.17, 15) is 9.59 Å². The number of halogens is 1. The summed E-state index contributed by atoms with van der Waals surface area (Å²) in [5.74, 6) is 0.382. The lowest BCUT2D eigenvalue weighted by Crippen LogP contribution is -2.30. The number of benzene rings is 2. The van der Waals surface area contributed by atoms with Gasteiger partial charge in [0, 0.05) is 5.56 Å². The zero-order valence-electron chi connectivity index (χ0n) is 16.6. The number of nitrogens with zero attached hydrogens (tertiary/aromatic N) is 2. The van der Waals surface area contributed by atoms with Crippen molar-refractivity contribution in [3.8, 4) is 5.75 Å². The molecule has 0 atom stereocenters. The lowest BCUT2D eigenvalue weighted by molar-refractivity contribution is 0.0600. The molecule has 0 saturated heterocycles. The van der Waals surface area contributed by atoms with Gasteiger partial charge in [0.15, 0.2) is 5.13 Å². The lowest BCUT2D eigenvalue weighted by atomic mass is 10.1. The van der Waals surface area contributed by atoms with E-state index in [1.165, 1.54) is 23.3 Å². The third-order valence-corrected chi connectivity index (χ3v) is 6.13. The number of rotatable bonds is 6. The molecule has 0 saturated carbocycles. The molecule has 2 heterocycles.